The lowest BCUT2D eigenvalue weighted by molar-refractivity contribution is 0.0702. The number of thiazole rings is 1. The van der Waals surface area contributed by atoms with Gasteiger partial charge in [-0.2, -0.15) is 4.98 Å². The van der Waals surface area contributed by atoms with E-state index >= 15 is 0 Å². The molecule has 144 valence electrons. The average Bonchev–Trinajstić information content (AvgIpc) is 3.36. The summed E-state index contributed by atoms with van der Waals surface area (Å²) >= 11 is 1.50. The van der Waals surface area contributed by atoms with Crippen molar-refractivity contribution in [2.24, 2.45) is 0 Å². The molecule has 0 saturated heterocycles. The minimum absolute atomic E-state index is 0.0386. The number of aromatic carboxylic acids is 1. The minimum Gasteiger partial charge on any atom is -0.507 e. The maximum absolute atomic E-state index is 13.2. The fourth-order valence-electron chi connectivity index (χ4n) is 2.97. The third-order valence-corrected chi connectivity index (χ3v) is 6.76. The van der Waals surface area contributed by atoms with Crippen molar-refractivity contribution in [1.82, 2.24) is 4.98 Å². The van der Waals surface area contributed by atoms with Crippen LogP contribution in [0.15, 0.2) is 66.0 Å². The van der Waals surface area contributed by atoms with Gasteiger partial charge < -0.3 is 10.2 Å². The number of nitrogens with zero attached hydrogens (tertiary/aromatic N) is 1. The highest BCUT2D eigenvalue weighted by molar-refractivity contribution is 7.34. The van der Waals surface area contributed by atoms with E-state index in [1.807, 2.05) is 17.5 Å². The summed E-state index contributed by atoms with van der Waals surface area (Å²) in [5, 5.41) is 27.9. The summed E-state index contributed by atoms with van der Waals surface area (Å²) in [5.41, 5.74) is 1.54. The molecule has 8 heteroatoms. The number of hydrogen-bond acceptors (Lipinski definition) is 6. The fraction of sp³-hybridized carbons (Fsp3) is 0. The van der Waals surface area contributed by atoms with Gasteiger partial charge in [0.05, 0.1) is 5.56 Å². The number of aromatic hydroxyl groups is 1. The second kappa shape index (κ2) is 7.59. The first kappa shape index (κ1) is 19.0. The number of hydrogen-bond donors (Lipinski definition) is 3. The standard InChI is InChI=1S/C21H14N2O4S2/c22-29-19(21(26)27)17(12-5-2-1-3-6-12)23-20(29)18(25)14-11-13(8-9-15(14)24)16-7-4-10-28-16/h1-11H,22H2,(H-,24,25,26,27)/p+1. The van der Waals surface area contributed by atoms with E-state index in [0.717, 1.165) is 10.4 Å². The van der Waals surface area contributed by atoms with E-state index in [-0.39, 0.29) is 26.9 Å². The van der Waals surface area contributed by atoms with Gasteiger partial charge in [0.15, 0.2) is 0 Å². The van der Waals surface area contributed by atoms with Gasteiger partial charge >= 0.3 is 15.9 Å². The van der Waals surface area contributed by atoms with Gasteiger partial charge in [-0.25, -0.2) is 4.79 Å². The highest BCUT2D eigenvalue weighted by Gasteiger charge is 2.37. The van der Waals surface area contributed by atoms with Crippen LogP contribution >= 0.6 is 22.0 Å². The van der Waals surface area contributed by atoms with Crippen LogP contribution in [0.4, 0.5) is 0 Å². The lowest BCUT2D eigenvalue weighted by Gasteiger charge is -2.03. The van der Waals surface area contributed by atoms with E-state index in [9.17, 15) is 19.8 Å². The number of thiophene rings is 1. The normalized spacial score (nSPS) is 11.4. The molecule has 0 aliphatic heterocycles. The molecule has 29 heavy (non-hydrogen) atoms. The van der Waals surface area contributed by atoms with E-state index in [2.05, 4.69) is 4.98 Å². The van der Waals surface area contributed by atoms with Crippen LogP contribution in [-0.4, -0.2) is 26.9 Å². The number of nitrogen functional groups attached to an aromatic ring is 1. The van der Waals surface area contributed by atoms with Gasteiger partial charge in [-0.3, -0.25) is 4.79 Å². The summed E-state index contributed by atoms with van der Waals surface area (Å²) < 4.78 is 0. The third kappa shape index (κ3) is 3.44. The van der Waals surface area contributed by atoms with Gasteiger partial charge in [0.25, 0.3) is 5.78 Å². The summed E-state index contributed by atoms with van der Waals surface area (Å²) in [5.74, 6) is -2.02. The Hall–Kier alpha value is -3.33. The van der Waals surface area contributed by atoms with Crippen molar-refractivity contribution < 1.29 is 19.8 Å². The Morgan fingerprint density at radius 2 is 1.76 bits per heavy atom. The van der Waals surface area contributed by atoms with Crippen LogP contribution < -0.4 is 5.14 Å². The molecule has 2 aromatic heterocycles. The Morgan fingerprint density at radius 1 is 1.00 bits per heavy atom. The highest BCUT2D eigenvalue weighted by atomic mass is 32.2. The summed E-state index contributed by atoms with van der Waals surface area (Å²) in [6.07, 6.45) is 0. The largest absolute Gasteiger partial charge is 0.507 e. The second-order valence-corrected chi connectivity index (χ2v) is 8.56. The molecule has 0 saturated carbocycles. The summed E-state index contributed by atoms with van der Waals surface area (Å²) in [6.45, 7) is 0. The number of nitrogens with two attached hydrogens (primary N) is 1. The number of benzene rings is 2. The molecule has 0 radical (unpaired) electrons. The van der Waals surface area contributed by atoms with E-state index < -0.39 is 22.4 Å². The summed E-state index contributed by atoms with van der Waals surface area (Å²) in [4.78, 5) is 30.1. The van der Waals surface area contributed by atoms with Gasteiger partial charge in [-0.05, 0) is 35.2 Å². The van der Waals surface area contributed by atoms with Gasteiger partial charge in [0.2, 0.25) is 0 Å². The molecule has 0 fully saturated rings. The third-order valence-electron chi connectivity index (χ3n) is 4.34. The van der Waals surface area contributed by atoms with Crippen LogP contribution in [-0.2, 0) is 0 Å². The van der Waals surface area contributed by atoms with Crippen LogP contribution in [0.3, 0.4) is 0 Å². The fourth-order valence-corrected chi connectivity index (χ4v) is 4.95. The van der Waals surface area contributed by atoms with E-state index in [4.69, 9.17) is 5.14 Å². The molecule has 4 aromatic rings. The maximum atomic E-state index is 13.2. The number of rotatable bonds is 5. The monoisotopic (exact) mass is 423 g/mol. The summed E-state index contributed by atoms with van der Waals surface area (Å²) in [6, 6.07) is 17.2. The van der Waals surface area contributed by atoms with Crippen LogP contribution in [0.5, 0.6) is 5.75 Å². The zero-order valence-corrected chi connectivity index (χ0v) is 16.5. The van der Waals surface area contributed by atoms with Crippen molar-refractivity contribution in [3.8, 4) is 27.4 Å². The Kier molecular flexibility index (Phi) is 4.98. The highest BCUT2D eigenvalue weighted by Crippen LogP contribution is 2.36. The van der Waals surface area contributed by atoms with Crippen LogP contribution in [0.25, 0.3) is 21.7 Å². The summed E-state index contributed by atoms with van der Waals surface area (Å²) in [7, 11) is -1.52. The zero-order valence-electron chi connectivity index (χ0n) is 14.9. The number of aromatic nitrogens is 1. The van der Waals surface area contributed by atoms with Crippen LogP contribution in [0.1, 0.15) is 25.0 Å². The maximum Gasteiger partial charge on any atom is 0.393 e. The van der Waals surface area contributed by atoms with Crippen molar-refractivity contribution in [2.75, 3.05) is 5.14 Å². The molecule has 0 bridgehead atoms. The Balaban J connectivity index is 1.85. The van der Waals surface area contributed by atoms with Gasteiger partial charge in [-0.1, -0.05) is 36.4 Å². The van der Waals surface area contributed by atoms with E-state index in [1.54, 1.807) is 42.5 Å². The molecule has 0 aliphatic carbocycles. The Morgan fingerprint density at radius 3 is 2.41 bits per heavy atom. The zero-order chi connectivity index (χ0) is 20.5. The molecule has 1 atom stereocenters. The van der Waals surface area contributed by atoms with Gasteiger partial charge in [0.1, 0.15) is 22.1 Å². The molecule has 0 aliphatic rings. The number of carbonyl (C=O) groups is 2. The van der Waals surface area contributed by atoms with Crippen molar-refractivity contribution in [3.63, 3.8) is 0 Å². The van der Waals surface area contributed by atoms with Gasteiger partial charge in [0, 0.05) is 10.4 Å². The molecule has 1 unspecified atom stereocenters. The van der Waals surface area contributed by atoms with Crippen LogP contribution in [0, 0.1) is 0 Å². The molecule has 2 aromatic carbocycles. The molecule has 2 heterocycles. The first-order valence-electron chi connectivity index (χ1n) is 8.49. The quantitative estimate of drug-likeness (QED) is 0.320. The number of ketones is 1. The second-order valence-electron chi connectivity index (χ2n) is 6.14. The van der Waals surface area contributed by atoms with Crippen molar-refractivity contribution in [2.45, 2.75) is 0 Å². The number of carboxylic acid groups (broad SMARTS) is 1. The van der Waals surface area contributed by atoms with E-state index in [0.29, 0.717) is 5.56 Å². The van der Waals surface area contributed by atoms with Crippen molar-refractivity contribution in [1.29, 1.82) is 0 Å². The van der Waals surface area contributed by atoms with Crippen LogP contribution in [0.2, 0.25) is 0 Å². The van der Waals surface area contributed by atoms with E-state index in [1.165, 1.54) is 17.4 Å². The molecule has 0 amide bonds. The first-order valence-corrected chi connectivity index (χ1v) is 10.7. The topological polar surface area (TPSA) is 114 Å². The number of carbonyl (C=O) groups excluding carboxylic acids is 1. The Bertz CT molecular complexity index is 1220. The first-order chi connectivity index (χ1) is 14.0. The lowest BCUT2D eigenvalue weighted by Crippen LogP contribution is -2.05. The van der Waals surface area contributed by atoms with Crippen molar-refractivity contribution in [3.05, 3.63) is 81.5 Å². The lowest BCUT2D eigenvalue weighted by atomic mass is 10.0. The molecule has 4 rings (SSSR count). The van der Waals surface area contributed by atoms with Crippen molar-refractivity contribution >= 4 is 33.7 Å². The Labute approximate surface area is 172 Å². The number of carboxylic acids is 1. The minimum atomic E-state index is -1.52. The van der Waals surface area contributed by atoms with Gasteiger partial charge in [-0.15, -0.1) is 16.5 Å². The SMILES string of the molecule is N[s+]1c(C(=O)c2cc(-c3cccs3)ccc2O)nc(-c2ccccc2)c1C(=O)O. The molecular formula is C21H15N2O4S2+. The molecule has 4 N–H and O–H groups in total. The average molecular weight is 423 g/mol. The number of phenols is 1. The predicted molar refractivity (Wildman–Crippen MR) is 114 cm³/mol. The molecule has 6 nitrogen and oxygen atoms in total. The number of phenolic OH excluding ortho intramolecular Hbond substituents is 1. The molecule has 0 spiro atoms. The smallest absolute Gasteiger partial charge is 0.393 e. The predicted octanol–water partition coefficient (Wildman–Crippen LogP) is 4.57. The molecular weight excluding hydrogens is 408 g/mol.